The normalized spacial score (nSPS) is 15.0. The van der Waals surface area contributed by atoms with Crippen molar-refractivity contribution in [1.82, 2.24) is 14.1 Å². The molecule has 1 saturated heterocycles. The quantitative estimate of drug-likeness (QED) is 0.297. The number of hydrogen-bond donors (Lipinski definition) is 0. The summed E-state index contributed by atoms with van der Waals surface area (Å²) in [4.78, 5) is 4.85. The van der Waals surface area contributed by atoms with E-state index in [9.17, 15) is 8.42 Å². The van der Waals surface area contributed by atoms with Gasteiger partial charge in [-0.05, 0) is 48.5 Å². The molecule has 2 aromatic heterocycles. The van der Waals surface area contributed by atoms with Crippen LogP contribution in [0.3, 0.4) is 0 Å². The lowest BCUT2D eigenvalue weighted by atomic mass is 10.2. The Morgan fingerprint density at radius 1 is 0.892 bits per heavy atom. The van der Waals surface area contributed by atoms with E-state index in [1.807, 2.05) is 66.9 Å². The topological polar surface area (TPSA) is 89.9 Å². The number of aliphatic imine (C=N–C) groups is 1. The van der Waals surface area contributed by atoms with E-state index in [-0.39, 0.29) is 4.90 Å². The largest absolute Gasteiger partial charge is 0.454 e. The van der Waals surface area contributed by atoms with Gasteiger partial charge in [-0.25, -0.2) is 13.1 Å². The predicted molar refractivity (Wildman–Crippen MR) is 142 cm³/mol. The second kappa shape index (κ2) is 9.78. The van der Waals surface area contributed by atoms with Crippen LogP contribution in [0.4, 0.5) is 5.69 Å². The van der Waals surface area contributed by atoms with Crippen molar-refractivity contribution < 1.29 is 17.6 Å². The number of furan rings is 1. The van der Waals surface area contributed by atoms with Gasteiger partial charge in [-0.2, -0.15) is 9.40 Å². The van der Waals surface area contributed by atoms with Crippen molar-refractivity contribution in [3.05, 3.63) is 96.7 Å². The molecule has 6 rings (SSSR count). The van der Waals surface area contributed by atoms with Gasteiger partial charge in [0.15, 0.2) is 5.76 Å². The second-order valence-corrected chi connectivity index (χ2v) is 10.6. The van der Waals surface area contributed by atoms with Crippen molar-refractivity contribution in [3.8, 4) is 17.1 Å². The summed E-state index contributed by atoms with van der Waals surface area (Å²) in [6.07, 6.45) is 3.62. The summed E-state index contributed by atoms with van der Waals surface area (Å²) in [5.74, 6) is 0.643. The van der Waals surface area contributed by atoms with Crippen molar-refractivity contribution in [2.24, 2.45) is 4.99 Å². The molecule has 8 nitrogen and oxygen atoms in total. The number of sulfonamides is 1. The minimum Gasteiger partial charge on any atom is -0.454 e. The molecule has 0 saturated carbocycles. The molecular weight excluding hydrogens is 488 g/mol. The predicted octanol–water partition coefficient (Wildman–Crippen LogP) is 5.06. The van der Waals surface area contributed by atoms with E-state index >= 15 is 0 Å². The van der Waals surface area contributed by atoms with Crippen LogP contribution in [-0.2, 0) is 14.8 Å². The summed E-state index contributed by atoms with van der Waals surface area (Å²) in [5.41, 5.74) is 3.76. The van der Waals surface area contributed by atoms with Crippen LogP contribution >= 0.6 is 0 Å². The Kier molecular flexibility index (Phi) is 6.17. The molecular formula is C28H24N4O4S. The van der Waals surface area contributed by atoms with Gasteiger partial charge in [0.25, 0.3) is 0 Å². The number of fused-ring (bicyclic) bond motifs is 1. The molecule has 37 heavy (non-hydrogen) atoms. The molecule has 0 N–H and O–H groups in total. The average Bonchev–Trinajstić information content (AvgIpc) is 3.57. The first-order valence-electron chi connectivity index (χ1n) is 11.9. The highest BCUT2D eigenvalue weighted by Gasteiger charge is 2.26. The monoisotopic (exact) mass is 512 g/mol. The molecule has 3 heterocycles. The molecule has 3 aromatic carbocycles. The Balaban J connectivity index is 1.32. The molecule has 5 aromatic rings. The van der Waals surface area contributed by atoms with Crippen molar-refractivity contribution in [2.75, 3.05) is 26.3 Å². The molecule has 0 bridgehead atoms. The highest BCUT2D eigenvalue weighted by molar-refractivity contribution is 7.89. The maximum atomic E-state index is 12.9. The zero-order chi connectivity index (χ0) is 25.2. The first-order valence-corrected chi connectivity index (χ1v) is 13.4. The average molecular weight is 513 g/mol. The van der Waals surface area contributed by atoms with Crippen LogP contribution < -0.4 is 0 Å². The number of morpholine rings is 1. The van der Waals surface area contributed by atoms with E-state index in [2.05, 4.69) is 4.99 Å². The minimum absolute atomic E-state index is 0.244. The first-order chi connectivity index (χ1) is 18.1. The number of nitrogens with zero attached hydrogens (tertiary/aromatic N) is 4. The molecule has 0 aliphatic carbocycles. The third-order valence-corrected chi connectivity index (χ3v) is 8.13. The van der Waals surface area contributed by atoms with Gasteiger partial charge >= 0.3 is 0 Å². The Hall–Kier alpha value is -4.05. The summed E-state index contributed by atoms with van der Waals surface area (Å²) in [5, 5.41) is 5.79. The Labute approximate surface area is 214 Å². The van der Waals surface area contributed by atoms with Crippen LogP contribution in [0, 0.1) is 0 Å². The molecule has 0 radical (unpaired) electrons. The van der Waals surface area contributed by atoms with Gasteiger partial charge in [-0.1, -0.05) is 36.4 Å². The van der Waals surface area contributed by atoms with Crippen LogP contribution in [0.25, 0.3) is 28.1 Å². The van der Waals surface area contributed by atoms with Gasteiger partial charge in [0.05, 0.1) is 29.5 Å². The minimum atomic E-state index is -3.55. The van der Waals surface area contributed by atoms with Crippen LogP contribution in [0.5, 0.6) is 0 Å². The molecule has 9 heteroatoms. The summed E-state index contributed by atoms with van der Waals surface area (Å²) in [6, 6.07) is 26.2. The van der Waals surface area contributed by atoms with Crippen LogP contribution in [0.1, 0.15) is 5.56 Å². The lowest BCUT2D eigenvalue weighted by Gasteiger charge is -2.26. The maximum absolute atomic E-state index is 12.9. The molecule has 0 atom stereocenters. The molecule has 0 unspecified atom stereocenters. The number of ether oxygens (including phenoxy) is 1. The number of aromatic nitrogens is 2. The fourth-order valence-electron chi connectivity index (χ4n) is 4.27. The number of benzene rings is 3. The second-order valence-electron chi connectivity index (χ2n) is 8.63. The summed E-state index contributed by atoms with van der Waals surface area (Å²) >= 11 is 0. The fraction of sp³-hybridized carbons (Fsp3) is 0.143. The van der Waals surface area contributed by atoms with Gasteiger partial charge in [-0.15, -0.1) is 0 Å². The molecule has 1 aliphatic heterocycles. The molecule has 186 valence electrons. The maximum Gasteiger partial charge on any atom is 0.243 e. The zero-order valence-electron chi connectivity index (χ0n) is 19.9. The van der Waals surface area contributed by atoms with Gasteiger partial charge in [0.2, 0.25) is 10.0 Å². The Morgan fingerprint density at radius 3 is 2.38 bits per heavy atom. The van der Waals surface area contributed by atoms with E-state index in [1.165, 1.54) is 4.31 Å². The summed E-state index contributed by atoms with van der Waals surface area (Å²) in [7, 11) is -3.55. The van der Waals surface area contributed by atoms with Crippen molar-refractivity contribution >= 4 is 32.9 Å². The summed E-state index contributed by atoms with van der Waals surface area (Å²) in [6.45, 7) is 1.54. The van der Waals surface area contributed by atoms with Crippen molar-refractivity contribution in [2.45, 2.75) is 4.90 Å². The molecule has 1 fully saturated rings. The van der Waals surface area contributed by atoms with Gasteiger partial charge in [0, 0.05) is 36.5 Å². The molecule has 1 aliphatic rings. The third kappa shape index (κ3) is 4.72. The first kappa shape index (κ1) is 23.4. The standard InChI is InChI=1S/C28H24N4O4S/c33-37(34,31-14-16-35-17-15-31)25-12-10-23(11-13-25)29-19-22-20-32(24-7-2-1-3-8-24)30-28(22)27-18-21-6-4-5-9-26(21)36-27/h1-13,18-20H,14-17H2. The fourth-order valence-corrected chi connectivity index (χ4v) is 5.68. The molecule has 0 amide bonds. The highest BCUT2D eigenvalue weighted by atomic mass is 32.2. The lowest BCUT2D eigenvalue weighted by Crippen LogP contribution is -2.40. The Morgan fingerprint density at radius 2 is 1.62 bits per heavy atom. The van der Waals surface area contributed by atoms with Crippen LogP contribution in [0.15, 0.2) is 105 Å². The van der Waals surface area contributed by atoms with Crippen LogP contribution in [0.2, 0.25) is 0 Å². The van der Waals surface area contributed by atoms with Crippen molar-refractivity contribution in [1.29, 1.82) is 0 Å². The molecule has 0 spiro atoms. The van der Waals surface area contributed by atoms with Crippen molar-refractivity contribution in [3.63, 3.8) is 0 Å². The zero-order valence-corrected chi connectivity index (χ0v) is 20.7. The van der Waals surface area contributed by atoms with Gasteiger partial charge < -0.3 is 9.15 Å². The summed E-state index contributed by atoms with van der Waals surface area (Å²) < 4.78 is 40.4. The third-order valence-electron chi connectivity index (χ3n) is 6.22. The lowest BCUT2D eigenvalue weighted by molar-refractivity contribution is 0.0730. The number of rotatable bonds is 6. The number of para-hydroxylation sites is 2. The SMILES string of the molecule is O=S(=O)(c1ccc(N=Cc2cn(-c3ccccc3)nc2-c2cc3ccccc3o2)cc1)N1CCOCC1. The van der Waals surface area contributed by atoms with E-state index in [4.69, 9.17) is 14.3 Å². The van der Waals surface area contributed by atoms with E-state index in [0.717, 1.165) is 22.2 Å². The van der Waals surface area contributed by atoms with E-state index < -0.39 is 10.0 Å². The number of hydrogen-bond acceptors (Lipinski definition) is 6. The van der Waals surface area contributed by atoms with Gasteiger partial charge in [-0.3, -0.25) is 4.99 Å². The highest BCUT2D eigenvalue weighted by Crippen LogP contribution is 2.30. The van der Waals surface area contributed by atoms with E-state index in [1.54, 1.807) is 35.2 Å². The van der Waals surface area contributed by atoms with Gasteiger partial charge in [0.1, 0.15) is 11.3 Å². The van der Waals surface area contributed by atoms with E-state index in [0.29, 0.717) is 43.4 Å². The smallest absolute Gasteiger partial charge is 0.243 e. The Bertz CT molecular complexity index is 1630. The van der Waals surface area contributed by atoms with Crippen LogP contribution in [-0.4, -0.2) is 55.0 Å².